The Kier molecular flexibility index (Phi) is 3.37. The summed E-state index contributed by atoms with van der Waals surface area (Å²) in [6.07, 6.45) is 0.800. The molecule has 2 N–H and O–H groups in total. The first-order chi connectivity index (χ1) is 10.0. The van der Waals surface area contributed by atoms with Gasteiger partial charge in [0.15, 0.2) is 11.6 Å². The number of rotatable bonds is 2. The van der Waals surface area contributed by atoms with Crippen LogP contribution in [0, 0.1) is 11.6 Å². The Morgan fingerprint density at radius 3 is 2.57 bits per heavy atom. The van der Waals surface area contributed by atoms with Crippen LogP contribution in [0.15, 0.2) is 36.4 Å². The smallest absolute Gasteiger partial charge is 0.183 e. The number of hydrogen-bond acceptors (Lipinski definition) is 2. The molecule has 1 heterocycles. The highest BCUT2D eigenvalue weighted by atomic mass is 32.1. The molecule has 0 bridgehead atoms. The highest BCUT2D eigenvalue weighted by molar-refractivity contribution is 7.80. The van der Waals surface area contributed by atoms with Gasteiger partial charge < -0.3 is 10.6 Å². The second-order valence-electron chi connectivity index (χ2n) is 5.18. The third-order valence-corrected chi connectivity index (χ3v) is 4.01. The standard InChI is InChI=1S/C16H14F2N2S/c1-9-8-10-4-2-3-5-12(10)20(9)13-7-6-11(16(19)21)14(17)15(13)18/h2-7,9H,8H2,1H3,(H2,19,21). The van der Waals surface area contributed by atoms with E-state index in [0.717, 1.165) is 17.7 Å². The van der Waals surface area contributed by atoms with Gasteiger partial charge in [0.05, 0.1) is 5.69 Å². The second kappa shape index (κ2) is 5.07. The van der Waals surface area contributed by atoms with Gasteiger partial charge in [-0.2, -0.15) is 0 Å². The number of halogens is 2. The molecule has 0 fully saturated rings. The Balaban J connectivity index is 2.14. The van der Waals surface area contributed by atoms with Gasteiger partial charge in [-0.3, -0.25) is 0 Å². The third kappa shape index (κ3) is 2.17. The van der Waals surface area contributed by atoms with Crippen LogP contribution in [0.2, 0.25) is 0 Å². The predicted octanol–water partition coefficient (Wildman–Crippen LogP) is 3.68. The number of benzene rings is 2. The zero-order valence-electron chi connectivity index (χ0n) is 11.4. The van der Waals surface area contributed by atoms with Crippen molar-refractivity contribution in [2.45, 2.75) is 19.4 Å². The number of nitrogens with two attached hydrogens (primary N) is 1. The van der Waals surface area contributed by atoms with Crippen LogP contribution in [0.3, 0.4) is 0 Å². The minimum atomic E-state index is -0.989. The number of hydrogen-bond donors (Lipinski definition) is 1. The van der Waals surface area contributed by atoms with E-state index < -0.39 is 11.6 Å². The lowest BCUT2D eigenvalue weighted by atomic mass is 10.1. The topological polar surface area (TPSA) is 29.3 Å². The maximum atomic E-state index is 14.4. The molecule has 0 saturated carbocycles. The van der Waals surface area contributed by atoms with Crippen molar-refractivity contribution in [2.75, 3.05) is 4.90 Å². The van der Waals surface area contributed by atoms with Crippen molar-refractivity contribution in [1.29, 1.82) is 0 Å². The fourth-order valence-corrected chi connectivity index (χ4v) is 3.01. The minimum absolute atomic E-state index is 0.0620. The van der Waals surface area contributed by atoms with Crippen LogP contribution in [-0.2, 0) is 6.42 Å². The molecule has 2 aromatic carbocycles. The van der Waals surface area contributed by atoms with E-state index in [0.29, 0.717) is 0 Å². The van der Waals surface area contributed by atoms with Gasteiger partial charge >= 0.3 is 0 Å². The molecule has 0 aromatic heterocycles. The van der Waals surface area contributed by atoms with Crippen LogP contribution < -0.4 is 10.6 Å². The summed E-state index contributed by atoms with van der Waals surface area (Å²) in [6, 6.07) is 10.8. The molecule has 0 spiro atoms. The average Bonchev–Trinajstić information content (AvgIpc) is 2.77. The first-order valence-electron chi connectivity index (χ1n) is 6.65. The van der Waals surface area contributed by atoms with E-state index in [2.05, 4.69) is 0 Å². The summed E-state index contributed by atoms with van der Waals surface area (Å²) in [5.74, 6) is -1.90. The van der Waals surface area contributed by atoms with Gasteiger partial charge in [0.1, 0.15) is 4.99 Å². The second-order valence-corrected chi connectivity index (χ2v) is 5.62. The maximum Gasteiger partial charge on any atom is 0.183 e. The summed E-state index contributed by atoms with van der Waals surface area (Å²) in [4.78, 5) is 1.67. The lowest BCUT2D eigenvalue weighted by molar-refractivity contribution is 0.505. The summed E-state index contributed by atoms with van der Waals surface area (Å²) >= 11 is 4.73. The molecule has 0 amide bonds. The lowest BCUT2D eigenvalue weighted by Crippen LogP contribution is -2.25. The van der Waals surface area contributed by atoms with E-state index in [1.54, 1.807) is 0 Å². The van der Waals surface area contributed by atoms with Crippen LogP contribution in [0.25, 0.3) is 0 Å². The Labute approximate surface area is 127 Å². The van der Waals surface area contributed by atoms with Gasteiger partial charge in [0.25, 0.3) is 0 Å². The molecule has 2 aromatic rings. The maximum absolute atomic E-state index is 14.4. The molecule has 108 valence electrons. The van der Waals surface area contributed by atoms with E-state index >= 15 is 0 Å². The molecule has 5 heteroatoms. The zero-order valence-corrected chi connectivity index (χ0v) is 12.3. The molecule has 0 saturated heterocycles. The van der Waals surface area contributed by atoms with E-state index in [9.17, 15) is 8.78 Å². The van der Waals surface area contributed by atoms with E-state index in [1.165, 1.54) is 12.1 Å². The Bertz CT molecular complexity index is 730. The van der Waals surface area contributed by atoms with Crippen LogP contribution in [0.5, 0.6) is 0 Å². The number of thiocarbonyl (C=S) groups is 1. The third-order valence-electron chi connectivity index (χ3n) is 3.79. The minimum Gasteiger partial charge on any atom is -0.389 e. The van der Waals surface area contributed by atoms with Gasteiger partial charge in [-0.05, 0) is 37.1 Å². The molecular formula is C16H14F2N2S. The van der Waals surface area contributed by atoms with E-state index in [-0.39, 0.29) is 22.3 Å². The Morgan fingerprint density at radius 2 is 1.86 bits per heavy atom. The monoisotopic (exact) mass is 304 g/mol. The fraction of sp³-hybridized carbons (Fsp3) is 0.188. The first-order valence-corrected chi connectivity index (χ1v) is 7.06. The predicted molar refractivity (Wildman–Crippen MR) is 84.0 cm³/mol. The molecule has 0 aliphatic carbocycles. The summed E-state index contributed by atoms with van der Waals surface area (Å²) < 4.78 is 28.5. The molecular weight excluding hydrogens is 290 g/mol. The Morgan fingerprint density at radius 1 is 1.14 bits per heavy atom. The average molecular weight is 304 g/mol. The van der Waals surface area contributed by atoms with Crippen molar-refractivity contribution in [3.63, 3.8) is 0 Å². The van der Waals surface area contributed by atoms with Gasteiger partial charge in [-0.1, -0.05) is 30.4 Å². The number of fused-ring (bicyclic) bond motifs is 1. The van der Waals surface area contributed by atoms with Crippen molar-refractivity contribution < 1.29 is 8.78 Å². The Hall–Kier alpha value is -2.01. The van der Waals surface area contributed by atoms with Gasteiger partial charge in [0, 0.05) is 17.3 Å². The molecule has 1 aliphatic rings. The van der Waals surface area contributed by atoms with Crippen LogP contribution in [0.4, 0.5) is 20.2 Å². The quantitative estimate of drug-likeness (QED) is 0.858. The highest BCUT2D eigenvalue weighted by Gasteiger charge is 2.30. The molecule has 0 radical (unpaired) electrons. The molecule has 21 heavy (non-hydrogen) atoms. The number of nitrogens with zero attached hydrogens (tertiary/aromatic N) is 1. The van der Waals surface area contributed by atoms with Gasteiger partial charge in [-0.25, -0.2) is 8.78 Å². The normalized spacial score (nSPS) is 16.9. The van der Waals surface area contributed by atoms with Crippen LogP contribution in [-0.4, -0.2) is 11.0 Å². The van der Waals surface area contributed by atoms with Crippen molar-refractivity contribution >= 4 is 28.6 Å². The zero-order chi connectivity index (χ0) is 15.1. The van der Waals surface area contributed by atoms with Gasteiger partial charge in [0.2, 0.25) is 0 Å². The lowest BCUT2D eigenvalue weighted by Gasteiger charge is -2.26. The largest absolute Gasteiger partial charge is 0.389 e. The summed E-state index contributed by atoms with van der Waals surface area (Å²) in [7, 11) is 0. The fourth-order valence-electron chi connectivity index (χ4n) is 2.85. The summed E-state index contributed by atoms with van der Waals surface area (Å²) in [6.45, 7) is 1.98. The molecule has 3 rings (SSSR count). The van der Waals surface area contributed by atoms with E-state index in [4.69, 9.17) is 18.0 Å². The van der Waals surface area contributed by atoms with Crippen LogP contribution in [0.1, 0.15) is 18.1 Å². The van der Waals surface area contributed by atoms with Crippen LogP contribution >= 0.6 is 12.2 Å². The summed E-state index contributed by atoms with van der Waals surface area (Å²) in [5.41, 5.74) is 7.59. The van der Waals surface area contributed by atoms with E-state index in [1.807, 2.05) is 36.1 Å². The van der Waals surface area contributed by atoms with Crippen molar-refractivity contribution in [1.82, 2.24) is 0 Å². The number of anilines is 2. The van der Waals surface area contributed by atoms with Crippen molar-refractivity contribution in [2.24, 2.45) is 5.73 Å². The van der Waals surface area contributed by atoms with Crippen molar-refractivity contribution in [3.8, 4) is 0 Å². The summed E-state index contributed by atoms with van der Waals surface area (Å²) in [5, 5.41) is 0. The highest BCUT2D eigenvalue weighted by Crippen LogP contribution is 2.39. The molecule has 1 unspecified atom stereocenters. The molecule has 1 atom stereocenters. The van der Waals surface area contributed by atoms with Gasteiger partial charge in [-0.15, -0.1) is 0 Å². The SMILES string of the molecule is CC1Cc2ccccc2N1c1ccc(C(N)=S)c(F)c1F. The first kappa shape index (κ1) is 13.9. The van der Waals surface area contributed by atoms with Crippen molar-refractivity contribution in [3.05, 3.63) is 59.2 Å². The molecule has 1 aliphatic heterocycles. The number of para-hydroxylation sites is 1. The molecule has 2 nitrogen and oxygen atoms in total.